The zero-order valence-corrected chi connectivity index (χ0v) is 15.8. The number of rotatable bonds is 8. The van der Waals surface area contributed by atoms with Crippen molar-refractivity contribution in [2.24, 2.45) is 5.92 Å². The SMILES string of the molecule is COc1ncc(Nc2nc(N[C@H](C3CC3)[C@H](C)NC(=O)O)c(F)cc2C#N)cn1. The normalized spacial score (nSPS) is 15.0. The van der Waals surface area contributed by atoms with E-state index >= 15 is 0 Å². The molecule has 2 aromatic rings. The predicted molar refractivity (Wildman–Crippen MR) is 102 cm³/mol. The topological polar surface area (TPSA) is 145 Å². The van der Waals surface area contributed by atoms with E-state index in [0.29, 0.717) is 5.69 Å². The van der Waals surface area contributed by atoms with Gasteiger partial charge in [0.2, 0.25) is 0 Å². The van der Waals surface area contributed by atoms with E-state index in [1.165, 1.54) is 19.5 Å². The van der Waals surface area contributed by atoms with Crippen molar-refractivity contribution in [1.82, 2.24) is 20.3 Å². The molecule has 11 heteroatoms. The molecule has 3 rings (SSSR count). The minimum absolute atomic E-state index is 0.00329. The van der Waals surface area contributed by atoms with Crippen LogP contribution in [0.5, 0.6) is 6.01 Å². The van der Waals surface area contributed by atoms with Gasteiger partial charge < -0.3 is 25.8 Å². The number of aromatic nitrogens is 3. The van der Waals surface area contributed by atoms with Gasteiger partial charge in [-0.2, -0.15) is 5.26 Å². The maximum absolute atomic E-state index is 14.5. The second kappa shape index (κ2) is 8.55. The molecular weight excluding hydrogens is 381 g/mol. The summed E-state index contributed by atoms with van der Waals surface area (Å²) in [6, 6.07) is 2.35. The fraction of sp³-hybridized carbons (Fsp3) is 0.389. The van der Waals surface area contributed by atoms with E-state index in [9.17, 15) is 14.4 Å². The minimum Gasteiger partial charge on any atom is -0.467 e. The number of halogens is 1. The van der Waals surface area contributed by atoms with Gasteiger partial charge in [-0.1, -0.05) is 0 Å². The van der Waals surface area contributed by atoms with Gasteiger partial charge in [0, 0.05) is 6.04 Å². The minimum atomic E-state index is -1.15. The molecule has 0 aromatic carbocycles. The van der Waals surface area contributed by atoms with Gasteiger partial charge in [-0.25, -0.2) is 24.1 Å². The predicted octanol–water partition coefficient (Wildman–Crippen LogP) is 2.48. The van der Waals surface area contributed by atoms with Crippen molar-refractivity contribution < 1.29 is 19.0 Å². The summed E-state index contributed by atoms with van der Waals surface area (Å²) in [5, 5.41) is 26.6. The van der Waals surface area contributed by atoms with E-state index < -0.39 is 18.0 Å². The first-order valence-electron chi connectivity index (χ1n) is 8.91. The molecule has 0 bridgehead atoms. The summed E-state index contributed by atoms with van der Waals surface area (Å²) in [5.74, 6) is -0.443. The summed E-state index contributed by atoms with van der Waals surface area (Å²) in [5.41, 5.74) is 0.440. The highest BCUT2D eigenvalue weighted by molar-refractivity contribution is 5.66. The number of methoxy groups -OCH3 is 1. The molecule has 1 aliphatic rings. The maximum atomic E-state index is 14.5. The number of nitrogens with zero attached hydrogens (tertiary/aromatic N) is 4. The average Bonchev–Trinajstić information content (AvgIpc) is 3.52. The van der Waals surface area contributed by atoms with Gasteiger partial charge in [-0.15, -0.1) is 0 Å². The molecule has 1 fully saturated rings. The summed E-state index contributed by atoms with van der Waals surface area (Å²) in [7, 11) is 1.44. The van der Waals surface area contributed by atoms with E-state index in [-0.39, 0.29) is 35.2 Å². The Balaban J connectivity index is 1.85. The standard InChI is InChI=1S/C18H20FN7O3/c1-9(23-18(27)28)14(10-3-4-10)25-16-13(19)5-11(6-20)15(26-16)24-12-7-21-17(29-2)22-8-12/h5,7-10,14,23H,3-4H2,1-2H3,(H,27,28)(H2,24,25,26)/t9-,14-/m0/s1. The zero-order chi connectivity index (χ0) is 21.0. The molecule has 1 aliphatic carbocycles. The average molecular weight is 401 g/mol. The Morgan fingerprint density at radius 3 is 2.62 bits per heavy atom. The molecule has 2 heterocycles. The molecule has 10 nitrogen and oxygen atoms in total. The number of hydrogen-bond acceptors (Lipinski definition) is 8. The molecule has 0 saturated heterocycles. The summed E-state index contributed by atoms with van der Waals surface area (Å²) >= 11 is 0. The van der Waals surface area contributed by atoms with Gasteiger partial charge in [-0.05, 0) is 31.7 Å². The second-order valence-electron chi connectivity index (χ2n) is 6.66. The lowest BCUT2D eigenvalue weighted by Crippen LogP contribution is -2.45. The summed E-state index contributed by atoms with van der Waals surface area (Å²) < 4.78 is 19.4. The Labute approximate surface area is 166 Å². The smallest absolute Gasteiger partial charge is 0.404 e. The molecule has 0 aliphatic heterocycles. The van der Waals surface area contributed by atoms with Gasteiger partial charge in [0.25, 0.3) is 0 Å². The van der Waals surface area contributed by atoms with Gasteiger partial charge in [0.15, 0.2) is 17.5 Å². The molecule has 2 aromatic heterocycles. The third-order valence-electron chi connectivity index (χ3n) is 4.49. The summed E-state index contributed by atoms with van der Waals surface area (Å²) in [6.07, 6.45) is 3.55. The second-order valence-corrected chi connectivity index (χ2v) is 6.66. The van der Waals surface area contributed by atoms with Crippen molar-refractivity contribution in [3.05, 3.63) is 29.8 Å². The fourth-order valence-electron chi connectivity index (χ4n) is 2.94. The van der Waals surface area contributed by atoms with Gasteiger partial charge in [0.05, 0.1) is 36.8 Å². The molecule has 29 heavy (non-hydrogen) atoms. The van der Waals surface area contributed by atoms with Crippen LogP contribution < -0.4 is 20.7 Å². The van der Waals surface area contributed by atoms with Crippen LogP contribution in [0.15, 0.2) is 18.5 Å². The Morgan fingerprint density at radius 2 is 2.07 bits per heavy atom. The van der Waals surface area contributed by atoms with Crippen molar-refractivity contribution in [2.75, 3.05) is 17.7 Å². The Hall–Kier alpha value is -3.68. The number of pyridine rings is 1. The van der Waals surface area contributed by atoms with E-state index in [2.05, 4.69) is 30.9 Å². The van der Waals surface area contributed by atoms with Crippen LogP contribution in [0.3, 0.4) is 0 Å². The van der Waals surface area contributed by atoms with Crippen LogP contribution in [0.25, 0.3) is 0 Å². The molecule has 4 N–H and O–H groups in total. The highest BCUT2D eigenvalue weighted by Gasteiger charge is 2.36. The largest absolute Gasteiger partial charge is 0.467 e. The van der Waals surface area contributed by atoms with E-state index in [1.807, 2.05) is 6.07 Å². The van der Waals surface area contributed by atoms with Crippen LogP contribution in [-0.4, -0.2) is 45.3 Å². The van der Waals surface area contributed by atoms with Crippen LogP contribution in [0, 0.1) is 23.1 Å². The molecule has 2 atom stereocenters. The third-order valence-corrected chi connectivity index (χ3v) is 4.49. The number of ether oxygens (including phenoxy) is 1. The van der Waals surface area contributed by atoms with Gasteiger partial charge >= 0.3 is 12.1 Å². The number of carbonyl (C=O) groups is 1. The molecule has 0 unspecified atom stereocenters. The van der Waals surface area contributed by atoms with Crippen LogP contribution >= 0.6 is 0 Å². The highest BCUT2D eigenvalue weighted by atomic mass is 19.1. The summed E-state index contributed by atoms with van der Waals surface area (Å²) in [6.45, 7) is 1.71. The Morgan fingerprint density at radius 1 is 1.38 bits per heavy atom. The van der Waals surface area contributed by atoms with Crippen molar-refractivity contribution in [3.63, 3.8) is 0 Å². The first kappa shape index (κ1) is 20.1. The van der Waals surface area contributed by atoms with Gasteiger partial charge in [0.1, 0.15) is 6.07 Å². The van der Waals surface area contributed by atoms with Crippen molar-refractivity contribution in [1.29, 1.82) is 5.26 Å². The van der Waals surface area contributed by atoms with E-state index in [0.717, 1.165) is 18.9 Å². The zero-order valence-electron chi connectivity index (χ0n) is 15.8. The van der Waals surface area contributed by atoms with Crippen LogP contribution in [-0.2, 0) is 0 Å². The molecule has 152 valence electrons. The number of amides is 1. The van der Waals surface area contributed by atoms with Crippen molar-refractivity contribution in [2.45, 2.75) is 31.8 Å². The first-order chi connectivity index (χ1) is 13.9. The molecule has 0 radical (unpaired) electrons. The molecule has 1 saturated carbocycles. The Bertz CT molecular complexity index is 928. The van der Waals surface area contributed by atoms with Crippen LogP contribution in [0.2, 0.25) is 0 Å². The lowest BCUT2D eigenvalue weighted by atomic mass is 10.0. The maximum Gasteiger partial charge on any atom is 0.404 e. The van der Waals surface area contributed by atoms with Crippen molar-refractivity contribution >= 4 is 23.4 Å². The molecule has 1 amide bonds. The third kappa shape index (κ3) is 4.98. The van der Waals surface area contributed by atoms with E-state index in [4.69, 9.17) is 9.84 Å². The number of anilines is 3. The van der Waals surface area contributed by atoms with Crippen LogP contribution in [0.1, 0.15) is 25.3 Å². The monoisotopic (exact) mass is 401 g/mol. The lowest BCUT2D eigenvalue weighted by molar-refractivity contribution is 0.188. The summed E-state index contributed by atoms with van der Waals surface area (Å²) in [4.78, 5) is 23.1. The number of hydrogen-bond donors (Lipinski definition) is 4. The number of nitriles is 1. The van der Waals surface area contributed by atoms with E-state index in [1.54, 1.807) is 6.92 Å². The number of nitrogens with one attached hydrogen (secondary N) is 3. The van der Waals surface area contributed by atoms with Gasteiger partial charge in [-0.3, -0.25) is 0 Å². The van der Waals surface area contributed by atoms with Crippen LogP contribution in [0.4, 0.5) is 26.5 Å². The highest BCUT2D eigenvalue weighted by Crippen LogP contribution is 2.36. The number of carboxylic acid groups (broad SMARTS) is 1. The Kier molecular flexibility index (Phi) is 5.92. The lowest BCUT2D eigenvalue weighted by Gasteiger charge is -2.26. The fourth-order valence-corrected chi connectivity index (χ4v) is 2.94. The van der Waals surface area contributed by atoms with Crippen molar-refractivity contribution in [3.8, 4) is 12.1 Å². The first-order valence-corrected chi connectivity index (χ1v) is 8.91. The molecular formula is C18H20FN7O3. The molecule has 0 spiro atoms. The quantitative estimate of drug-likeness (QED) is 0.524.